The molecular weight excluding hydrogens is 754 g/mol. The number of hydrogen-bond acceptors (Lipinski definition) is 8. The molecule has 2 N–H and O–H groups in total. The second kappa shape index (κ2) is 19.5. The molecule has 2 aliphatic rings. The molecule has 2 fully saturated rings. The second-order valence-electron chi connectivity index (χ2n) is 13.6. The molecule has 2 unspecified atom stereocenters. The molecule has 13 nitrogen and oxygen atoms in total. The van der Waals surface area contributed by atoms with Crippen molar-refractivity contribution >= 4 is 43.1 Å². The fraction of sp³-hybridized carbons (Fsp3) is 0.238. The first-order valence-electron chi connectivity index (χ1n) is 18.1. The smallest absolute Gasteiger partial charge is 0.776 e. The number of fused-ring (bicyclic) bond motifs is 2. The van der Waals surface area contributed by atoms with Crippen molar-refractivity contribution in [2.24, 2.45) is 7.05 Å². The van der Waals surface area contributed by atoms with Crippen LogP contribution >= 0.6 is 8.60 Å². The van der Waals surface area contributed by atoms with E-state index in [1.807, 2.05) is 92.8 Å². The molecule has 2 saturated heterocycles. The van der Waals surface area contributed by atoms with E-state index in [-0.39, 0.29) is 72.8 Å². The average Bonchev–Trinajstić information content (AvgIpc) is 3.53. The summed E-state index contributed by atoms with van der Waals surface area (Å²) in [6.45, 7) is 8.30. The Morgan fingerprint density at radius 2 is 1.67 bits per heavy atom. The summed E-state index contributed by atoms with van der Waals surface area (Å²) in [5.41, 5.74) is 6.67. The maximum atomic E-state index is 13.7. The number of hydrogen-bond donors (Lipinski definition) is 2. The number of urea groups is 1. The van der Waals surface area contributed by atoms with Crippen molar-refractivity contribution in [3.05, 3.63) is 138 Å². The summed E-state index contributed by atoms with van der Waals surface area (Å²) in [5.74, 6) is 0.0600. The summed E-state index contributed by atoms with van der Waals surface area (Å²) in [6, 6.07) is 29.8. The van der Waals surface area contributed by atoms with Crippen LogP contribution in [0.3, 0.4) is 0 Å². The topological polar surface area (TPSA) is 151 Å². The van der Waals surface area contributed by atoms with E-state index in [4.69, 9.17) is 4.89 Å². The molecule has 5 aromatic rings. The summed E-state index contributed by atoms with van der Waals surface area (Å²) in [4.78, 5) is 73.9. The van der Waals surface area contributed by atoms with Crippen LogP contribution in [0.5, 0.6) is 5.75 Å². The third-order valence-corrected chi connectivity index (χ3v) is 10.1. The van der Waals surface area contributed by atoms with Gasteiger partial charge in [0, 0.05) is 49.4 Å². The monoisotopic (exact) mass is 798 g/mol. The Morgan fingerprint density at radius 3 is 2.32 bits per heavy atom. The van der Waals surface area contributed by atoms with Gasteiger partial charge in [0.15, 0.2) is 5.78 Å². The molecule has 0 bridgehead atoms. The summed E-state index contributed by atoms with van der Waals surface area (Å²) in [5, 5.41) is 7.27. The number of aromatic nitrogens is 1. The van der Waals surface area contributed by atoms with Crippen LogP contribution in [0.2, 0.25) is 0 Å². The number of carbonyl (C=O) groups excluding carboxylic acids is 4. The molecule has 0 aliphatic carbocycles. The van der Waals surface area contributed by atoms with Crippen LogP contribution in [0.1, 0.15) is 34.0 Å². The van der Waals surface area contributed by atoms with E-state index in [1.54, 1.807) is 40.1 Å². The second-order valence-corrected chi connectivity index (χ2v) is 14.3. The van der Waals surface area contributed by atoms with Gasteiger partial charge in [0.2, 0.25) is 11.8 Å². The van der Waals surface area contributed by atoms with Gasteiger partial charge in [-0.1, -0.05) is 96.6 Å². The number of nitrogens with zero attached hydrogens (tertiary/aromatic N) is 5. The number of ketones is 1. The van der Waals surface area contributed by atoms with Gasteiger partial charge in [0.05, 0.1) is 18.6 Å². The molecule has 57 heavy (non-hydrogen) atoms. The minimum Gasteiger partial charge on any atom is -0.776 e. The predicted octanol–water partition coefficient (Wildman–Crippen LogP) is 2.13. The maximum absolute atomic E-state index is 13.7. The van der Waals surface area contributed by atoms with Crippen molar-refractivity contribution in [1.82, 2.24) is 29.7 Å². The van der Waals surface area contributed by atoms with Crippen LogP contribution in [-0.2, 0) is 29.7 Å². The summed E-state index contributed by atoms with van der Waals surface area (Å²) in [6.07, 6.45) is 3.05. The molecule has 0 saturated carbocycles. The van der Waals surface area contributed by atoms with E-state index in [0.29, 0.717) is 30.9 Å². The van der Waals surface area contributed by atoms with Crippen LogP contribution in [0.25, 0.3) is 22.0 Å². The largest absolute Gasteiger partial charge is 1.00 e. The first-order chi connectivity index (χ1) is 26.9. The SMILES string of the molecule is C=CCN1CC(=O)N2CC(=O)N(Cc3cccc4c(-c5ccc(C(C)=O)cc5)cn(C)c34)CC2N1C(=O)NCc1ccccc1.Cc1ccc(OP([O-])O)cc1.[Na+]. The normalized spacial score (nSPS) is 15.9. The van der Waals surface area contributed by atoms with Crippen LogP contribution in [0.15, 0.2) is 116 Å². The zero-order valence-electron chi connectivity index (χ0n) is 32.5. The van der Waals surface area contributed by atoms with Gasteiger partial charge in [0.25, 0.3) is 0 Å². The number of para-hydroxylation sites is 1. The minimum absolute atomic E-state index is 0. The third-order valence-electron chi connectivity index (χ3n) is 9.71. The van der Waals surface area contributed by atoms with Gasteiger partial charge in [-0.15, -0.1) is 6.58 Å². The Balaban J connectivity index is 0.000000448. The van der Waals surface area contributed by atoms with Gasteiger partial charge in [-0.25, -0.2) is 14.8 Å². The van der Waals surface area contributed by atoms with Gasteiger partial charge in [-0.2, -0.15) is 0 Å². The van der Waals surface area contributed by atoms with Gasteiger partial charge < -0.3 is 34.0 Å². The fourth-order valence-electron chi connectivity index (χ4n) is 6.99. The first kappa shape index (κ1) is 43.3. The molecule has 2 atom stereocenters. The molecule has 0 radical (unpaired) electrons. The molecule has 4 aromatic carbocycles. The number of Topliss-reactive ketones (excluding diaryl/α,β-unsaturated/α-hetero) is 1. The van der Waals surface area contributed by atoms with Crippen molar-refractivity contribution in [1.29, 1.82) is 0 Å². The van der Waals surface area contributed by atoms with Crippen molar-refractivity contribution in [3.63, 3.8) is 0 Å². The molecule has 7 rings (SSSR count). The van der Waals surface area contributed by atoms with Crippen LogP contribution in [0.4, 0.5) is 4.79 Å². The van der Waals surface area contributed by atoms with E-state index >= 15 is 0 Å². The Labute approximate surface area is 355 Å². The number of benzene rings is 4. The number of nitrogens with one attached hydrogen (secondary N) is 1. The van der Waals surface area contributed by atoms with Crippen LogP contribution < -0.4 is 44.3 Å². The van der Waals surface area contributed by atoms with E-state index < -0.39 is 14.8 Å². The standard InChI is InChI=1S/C35H36N6O4.C7H8O3P.Na/c1-4-17-39-22-33(44)40-23-32(43)38(21-31(40)41(39)35(45)36-18-25-9-6-5-7-10-25)19-28-11-8-12-29-30(20-37(3)34(28)29)27-15-13-26(14-16-27)24(2)42;1-6-2-4-7(5-3-6)10-11(8)9;/h4-16,20,31H,1,17-19,21-23H2,2-3H3,(H,36,45);2-5,8H,1H3;/q;-1;+1. The fourth-order valence-corrected chi connectivity index (χ4v) is 7.29. The quantitative estimate of drug-likeness (QED) is 0.0946. The van der Waals surface area contributed by atoms with E-state index in [2.05, 4.69) is 33.2 Å². The number of amides is 4. The summed E-state index contributed by atoms with van der Waals surface area (Å²) >= 11 is 0. The van der Waals surface area contributed by atoms with Gasteiger partial charge >= 0.3 is 35.6 Å². The zero-order chi connectivity index (χ0) is 39.9. The summed E-state index contributed by atoms with van der Waals surface area (Å²) in [7, 11) is -0.559. The first-order valence-corrected chi connectivity index (χ1v) is 19.2. The van der Waals surface area contributed by atoms with Gasteiger partial charge in [-0.05, 0) is 42.7 Å². The van der Waals surface area contributed by atoms with Crippen molar-refractivity contribution in [2.75, 3.05) is 26.2 Å². The Morgan fingerprint density at radius 1 is 0.965 bits per heavy atom. The Kier molecular flexibility index (Phi) is 14.8. The molecule has 1 aromatic heterocycles. The number of rotatable bonds is 10. The minimum atomic E-state index is -2.54. The molecule has 0 spiro atoms. The Hall–Kier alpha value is -4.85. The van der Waals surface area contributed by atoms with Crippen molar-refractivity contribution in [2.45, 2.75) is 33.1 Å². The van der Waals surface area contributed by atoms with Crippen molar-refractivity contribution < 1.29 is 63.0 Å². The number of piperazine rings is 1. The van der Waals surface area contributed by atoms with Crippen LogP contribution in [0, 0.1) is 6.92 Å². The molecular formula is C42H44N6NaO7P. The molecule has 3 heterocycles. The number of hydrazine groups is 1. The van der Waals surface area contributed by atoms with Crippen LogP contribution in [-0.4, -0.2) is 85.3 Å². The number of carbonyl (C=O) groups is 4. The van der Waals surface area contributed by atoms with Gasteiger partial charge in [-0.3, -0.25) is 14.4 Å². The number of aryl methyl sites for hydroxylation is 2. The molecule has 2 aliphatic heterocycles. The summed E-state index contributed by atoms with van der Waals surface area (Å²) < 4.78 is 6.59. The molecule has 4 amide bonds. The predicted molar refractivity (Wildman–Crippen MR) is 213 cm³/mol. The van der Waals surface area contributed by atoms with E-state index in [1.165, 1.54) is 4.90 Å². The van der Waals surface area contributed by atoms with Gasteiger partial charge in [0.1, 0.15) is 27.1 Å². The zero-order valence-corrected chi connectivity index (χ0v) is 35.4. The van der Waals surface area contributed by atoms with Crippen molar-refractivity contribution in [3.8, 4) is 16.9 Å². The van der Waals surface area contributed by atoms with E-state index in [0.717, 1.165) is 38.7 Å². The maximum Gasteiger partial charge on any atom is 1.00 e. The molecule has 290 valence electrons. The Bertz CT molecular complexity index is 2220. The third kappa shape index (κ3) is 10.4. The van der Waals surface area contributed by atoms with E-state index in [9.17, 15) is 24.1 Å². The molecule has 15 heteroatoms. The average molecular weight is 799 g/mol.